The van der Waals surface area contributed by atoms with E-state index in [0.717, 1.165) is 5.56 Å². The lowest BCUT2D eigenvalue weighted by Gasteiger charge is -2.08. The molecule has 0 aliphatic carbocycles. The highest BCUT2D eigenvalue weighted by Gasteiger charge is 2.27. The molecule has 0 saturated heterocycles. The second kappa shape index (κ2) is 3.59. The Labute approximate surface area is 93.8 Å². The van der Waals surface area contributed by atoms with Gasteiger partial charge in [0.15, 0.2) is 9.84 Å². The number of carboxylic acid groups (broad SMARTS) is 1. The van der Waals surface area contributed by atoms with Gasteiger partial charge >= 0.3 is 5.97 Å². The van der Waals surface area contributed by atoms with E-state index in [1.54, 1.807) is 19.1 Å². The van der Waals surface area contributed by atoms with Crippen molar-refractivity contribution in [2.75, 3.05) is 5.75 Å². The summed E-state index contributed by atoms with van der Waals surface area (Å²) in [5, 5.41) is 8.87. The fourth-order valence-corrected chi connectivity index (χ4v) is 3.41. The Morgan fingerprint density at radius 3 is 2.75 bits per heavy atom. The van der Waals surface area contributed by atoms with Crippen LogP contribution < -0.4 is 0 Å². The number of fused-ring (bicyclic) bond motifs is 1. The Hall–Kier alpha value is -1.36. The zero-order valence-electron chi connectivity index (χ0n) is 8.80. The number of hydrogen-bond donors (Lipinski definition) is 1. The van der Waals surface area contributed by atoms with Gasteiger partial charge in [-0.05, 0) is 30.5 Å². The van der Waals surface area contributed by atoms with Gasteiger partial charge in [-0.15, -0.1) is 0 Å². The number of benzene rings is 1. The predicted octanol–water partition coefficient (Wildman–Crippen LogP) is 1.20. The summed E-state index contributed by atoms with van der Waals surface area (Å²) in [6.45, 7) is 1.59. The highest BCUT2D eigenvalue weighted by molar-refractivity contribution is 7.91. The summed E-state index contributed by atoms with van der Waals surface area (Å²) < 4.78 is 23.1. The van der Waals surface area contributed by atoms with E-state index in [0.29, 0.717) is 16.9 Å². The first-order chi connectivity index (χ1) is 7.42. The molecule has 0 bridgehead atoms. The van der Waals surface area contributed by atoms with E-state index in [2.05, 4.69) is 0 Å². The van der Waals surface area contributed by atoms with Crippen molar-refractivity contribution >= 4 is 15.8 Å². The van der Waals surface area contributed by atoms with Crippen molar-refractivity contribution in [2.24, 2.45) is 0 Å². The van der Waals surface area contributed by atoms with Gasteiger partial charge in [-0.1, -0.05) is 12.1 Å². The van der Waals surface area contributed by atoms with Gasteiger partial charge < -0.3 is 5.11 Å². The van der Waals surface area contributed by atoms with Gasteiger partial charge in [-0.2, -0.15) is 0 Å². The van der Waals surface area contributed by atoms with Crippen LogP contribution in [0.5, 0.6) is 0 Å². The van der Waals surface area contributed by atoms with Crippen LogP contribution in [-0.4, -0.2) is 25.2 Å². The molecule has 1 unspecified atom stereocenters. The quantitative estimate of drug-likeness (QED) is 0.843. The first kappa shape index (κ1) is 11.1. The van der Waals surface area contributed by atoms with E-state index >= 15 is 0 Å². The first-order valence-electron chi connectivity index (χ1n) is 5.00. The molecule has 1 N–H and O–H groups in total. The lowest BCUT2D eigenvalue weighted by Crippen LogP contribution is -2.07. The molecule has 1 aromatic carbocycles. The smallest absolute Gasteiger partial charge is 0.310 e. The van der Waals surface area contributed by atoms with Crippen LogP contribution in [0.25, 0.3) is 0 Å². The van der Waals surface area contributed by atoms with E-state index in [-0.39, 0.29) is 5.75 Å². The summed E-state index contributed by atoms with van der Waals surface area (Å²) in [4.78, 5) is 11.2. The molecular formula is C11H12O4S. The molecule has 2 rings (SSSR count). The molecule has 0 amide bonds. The lowest BCUT2D eigenvalue weighted by molar-refractivity contribution is -0.138. The zero-order valence-corrected chi connectivity index (χ0v) is 9.62. The minimum absolute atomic E-state index is 0.132. The van der Waals surface area contributed by atoms with Crippen molar-refractivity contribution in [3.63, 3.8) is 0 Å². The van der Waals surface area contributed by atoms with Crippen molar-refractivity contribution in [3.8, 4) is 0 Å². The Bertz CT molecular complexity index is 545. The topological polar surface area (TPSA) is 71.4 Å². The van der Waals surface area contributed by atoms with Gasteiger partial charge in [0.05, 0.1) is 16.6 Å². The SMILES string of the molecule is CC(C(=O)O)c1ccc2c(c1)CCS2(=O)=O. The summed E-state index contributed by atoms with van der Waals surface area (Å²) >= 11 is 0. The zero-order chi connectivity index (χ0) is 11.9. The van der Waals surface area contributed by atoms with E-state index in [1.165, 1.54) is 6.07 Å². The minimum Gasteiger partial charge on any atom is -0.481 e. The first-order valence-corrected chi connectivity index (χ1v) is 6.65. The van der Waals surface area contributed by atoms with Crippen LogP contribution >= 0.6 is 0 Å². The van der Waals surface area contributed by atoms with Crippen LogP contribution in [-0.2, 0) is 21.1 Å². The summed E-state index contributed by atoms with van der Waals surface area (Å²) in [6, 6.07) is 4.80. The molecule has 5 heteroatoms. The van der Waals surface area contributed by atoms with Crippen molar-refractivity contribution in [1.29, 1.82) is 0 Å². The van der Waals surface area contributed by atoms with Crippen LogP contribution in [0.2, 0.25) is 0 Å². The third-order valence-corrected chi connectivity index (χ3v) is 4.74. The summed E-state index contributed by atoms with van der Waals surface area (Å²) in [5.74, 6) is -1.37. The standard InChI is InChI=1S/C11H12O4S/c1-7(11(12)13)8-2-3-10-9(6-8)4-5-16(10,14)15/h2-3,6-7H,4-5H2,1H3,(H,12,13). The third-order valence-electron chi connectivity index (χ3n) is 2.93. The van der Waals surface area contributed by atoms with Gasteiger partial charge in [0, 0.05) is 0 Å². The molecule has 0 spiro atoms. The molecule has 1 atom stereocenters. The number of carbonyl (C=O) groups is 1. The van der Waals surface area contributed by atoms with E-state index in [4.69, 9.17) is 5.11 Å². The second-order valence-electron chi connectivity index (χ2n) is 4.00. The summed E-state index contributed by atoms with van der Waals surface area (Å²) in [7, 11) is -3.12. The Balaban J connectivity index is 2.47. The molecule has 0 radical (unpaired) electrons. The number of aryl methyl sites for hydroxylation is 1. The van der Waals surface area contributed by atoms with E-state index in [1.807, 2.05) is 0 Å². The normalized spacial score (nSPS) is 19.1. The Morgan fingerprint density at radius 2 is 2.12 bits per heavy atom. The average molecular weight is 240 g/mol. The Morgan fingerprint density at radius 1 is 1.44 bits per heavy atom. The van der Waals surface area contributed by atoms with Gasteiger partial charge in [0.2, 0.25) is 0 Å². The summed E-state index contributed by atoms with van der Waals surface area (Å²) in [5.41, 5.74) is 1.40. The lowest BCUT2D eigenvalue weighted by atomic mass is 9.98. The number of aliphatic carboxylic acids is 1. The Kier molecular flexibility index (Phi) is 2.50. The van der Waals surface area contributed by atoms with Crippen LogP contribution in [0.4, 0.5) is 0 Å². The summed E-state index contributed by atoms with van der Waals surface area (Å²) in [6.07, 6.45) is 0.484. The van der Waals surface area contributed by atoms with Crippen molar-refractivity contribution in [2.45, 2.75) is 24.2 Å². The van der Waals surface area contributed by atoms with Crippen LogP contribution in [0, 0.1) is 0 Å². The minimum atomic E-state index is -3.12. The highest BCUT2D eigenvalue weighted by atomic mass is 32.2. The van der Waals surface area contributed by atoms with Crippen molar-refractivity contribution in [3.05, 3.63) is 29.3 Å². The average Bonchev–Trinajstić information content (AvgIpc) is 2.53. The van der Waals surface area contributed by atoms with Gasteiger partial charge in [-0.3, -0.25) is 4.79 Å². The van der Waals surface area contributed by atoms with Gasteiger partial charge in [0.1, 0.15) is 0 Å². The second-order valence-corrected chi connectivity index (χ2v) is 6.07. The van der Waals surface area contributed by atoms with E-state index < -0.39 is 21.7 Å². The molecule has 1 heterocycles. The van der Waals surface area contributed by atoms with Crippen molar-refractivity contribution < 1.29 is 18.3 Å². The largest absolute Gasteiger partial charge is 0.481 e. The number of carboxylic acids is 1. The maximum absolute atomic E-state index is 11.6. The molecule has 1 aliphatic heterocycles. The maximum atomic E-state index is 11.6. The van der Waals surface area contributed by atoms with Crippen LogP contribution in [0.1, 0.15) is 24.0 Å². The van der Waals surface area contributed by atoms with Crippen LogP contribution in [0.3, 0.4) is 0 Å². The molecule has 1 aromatic rings. The molecular weight excluding hydrogens is 228 g/mol. The monoisotopic (exact) mass is 240 g/mol. The molecule has 0 fully saturated rings. The molecule has 0 aromatic heterocycles. The number of rotatable bonds is 2. The molecule has 4 nitrogen and oxygen atoms in total. The van der Waals surface area contributed by atoms with E-state index in [9.17, 15) is 13.2 Å². The highest BCUT2D eigenvalue weighted by Crippen LogP contribution is 2.29. The fourth-order valence-electron chi connectivity index (χ4n) is 1.86. The third kappa shape index (κ3) is 1.71. The van der Waals surface area contributed by atoms with Crippen molar-refractivity contribution in [1.82, 2.24) is 0 Å². The predicted molar refractivity (Wildman–Crippen MR) is 58.2 cm³/mol. The maximum Gasteiger partial charge on any atom is 0.310 e. The number of sulfone groups is 1. The van der Waals surface area contributed by atoms with Gasteiger partial charge in [0.25, 0.3) is 0 Å². The molecule has 0 saturated carbocycles. The number of hydrogen-bond acceptors (Lipinski definition) is 3. The molecule has 1 aliphatic rings. The molecule has 86 valence electrons. The van der Waals surface area contributed by atoms with Crippen LogP contribution in [0.15, 0.2) is 23.1 Å². The van der Waals surface area contributed by atoms with Gasteiger partial charge in [-0.25, -0.2) is 8.42 Å². The fraction of sp³-hybridized carbons (Fsp3) is 0.364. The molecule has 16 heavy (non-hydrogen) atoms.